The van der Waals surface area contributed by atoms with Crippen LogP contribution in [-0.2, 0) is 9.05 Å². The van der Waals surface area contributed by atoms with Gasteiger partial charge in [0.05, 0.1) is 5.02 Å². The third-order valence-corrected chi connectivity index (χ3v) is 3.27. The molecule has 1 rings (SSSR count). The first-order chi connectivity index (χ1) is 7.21. The minimum absolute atomic E-state index is 0.0640. The van der Waals surface area contributed by atoms with Crippen LogP contribution in [0.5, 0.6) is 5.75 Å². The highest BCUT2D eigenvalue weighted by Crippen LogP contribution is 2.37. The first-order valence-electron chi connectivity index (χ1n) is 3.60. The van der Waals surface area contributed by atoms with Gasteiger partial charge in [-0.1, -0.05) is 23.2 Å². The van der Waals surface area contributed by atoms with Crippen LogP contribution >= 0.6 is 33.9 Å². The topological polar surface area (TPSA) is 43.4 Å². The summed E-state index contributed by atoms with van der Waals surface area (Å²) in [5.41, 5.74) is 0. The van der Waals surface area contributed by atoms with Crippen molar-refractivity contribution in [3.63, 3.8) is 0 Å². The Hall–Kier alpha value is -0.300. The number of halogens is 5. The van der Waals surface area contributed by atoms with E-state index in [9.17, 15) is 17.2 Å². The van der Waals surface area contributed by atoms with Crippen LogP contribution in [0.2, 0.25) is 10.0 Å². The van der Waals surface area contributed by atoms with E-state index in [1.54, 1.807) is 0 Å². The maximum atomic E-state index is 12.0. The van der Waals surface area contributed by atoms with Crippen LogP contribution in [0.25, 0.3) is 0 Å². The summed E-state index contributed by atoms with van der Waals surface area (Å²) in [5, 5.41) is -0.433. The summed E-state index contributed by atoms with van der Waals surface area (Å²) >= 11 is 11.0. The lowest BCUT2D eigenvalue weighted by atomic mass is 10.3. The van der Waals surface area contributed by atoms with Crippen molar-refractivity contribution in [2.45, 2.75) is 11.5 Å². The predicted molar refractivity (Wildman–Crippen MR) is 56.1 cm³/mol. The van der Waals surface area contributed by atoms with Crippen LogP contribution in [0, 0.1) is 0 Å². The molecule has 90 valence electrons. The molecular formula is C7H3Cl3F2O3S. The van der Waals surface area contributed by atoms with Gasteiger partial charge in [0.15, 0.2) is 5.75 Å². The Bertz CT molecular complexity index is 504. The molecule has 0 spiro atoms. The van der Waals surface area contributed by atoms with Crippen LogP contribution in [0.4, 0.5) is 8.78 Å². The first-order valence-corrected chi connectivity index (χ1v) is 6.67. The summed E-state index contributed by atoms with van der Waals surface area (Å²) in [4.78, 5) is -0.702. The molecule has 9 heteroatoms. The Morgan fingerprint density at radius 1 is 1.25 bits per heavy atom. The largest absolute Gasteiger partial charge is 0.432 e. The van der Waals surface area contributed by atoms with Crippen molar-refractivity contribution >= 4 is 42.9 Å². The third-order valence-electron chi connectivity index (χ3n) is 1.44. The van der Waals surface area contributed by atoms with Crippen molar-refractivity contribution in [1.29, 1.82) is 0 Å². The zero-order chi connectivity index (χ0) is 12.5. The molecule has 0 N–H and O–H groups in total. The standard InChI is InChI=1S/C7H3Cl3F2O3S/c8-3-1-4(9)6(15-7(11)12)5(2-3)16(10,13)14/h1-2,7H. The smallest absolute Gasteiger partial charge is 0.387 e. The number of benzene rings is 1. The van der Waals surface area contributed by atoms with Gasteiger partial charge in [-0.15, -0.1) is 0 Å². The van der Waals surface area contributed by atoms with E-state index in [2.05, 4.69) is 4.74 Å². The van der Waals surface area contributed by atoms with Crippen molar-refractivity contribution < 1.29 is 21.9 Å². The fourth-order valence-corrected chi connectivity index (χ4v) is 2.57. The normalized spacial score (nSPS) is 11.9. The number of rotatable bonds is 3. The molecule has 16 heavy (non-hydrogen) atoms. The zero-order valence-corrected chi connectivity index (χ0v) is 10.3. The first kappa shape index (κ1) is 13.8. The number of alkyl halides is 2. The summed E-state index contributed by atoms with van der Waals surface area (Å²) < 4.78 is 50.1. The quantitative estimate of drug-likeness (QED) is 0.802. The molecule has 0 aliphatic rings. The highest BCUT2D eigenvalue weighted by atomic mass is 35.7. The molecule has 0 unspecified atom stereocenters. The van der Waals surface area contributed by atoms with E-state index in [1.807, 2.05) is 0 Å². The summed E-state index contributed by atoms with van der Waals surface area (Å²) in [6, 6.07) is 1.93. The number of hydrogen-bond donors (Lipinski definition) is 0. The second-order valence-corrected chi connectivity index (χ2v) is 5.91. The second-order valence-electron chi connectivity index (χ2n) is 2.53. The Labute approximate surface area is 104 Å². The summed E-state index contributed by atoms with van der Waals surface area (Å²) in [7, 11) is 0.742. The summed E-state index contributed by atoms with van der Waals surface area (Å²) in [5.74, 6) is -0.726. The Kier molecular flexibility index (Phi) is 4.23. The zero-order valence-electron chi connectivity index (χ0n) is 7.25. The summed E-state index contributed by atoms with van der Waals surface area (Å²) in [6.45, 7) is -3.23. The van der Waals surface area contributed by atoms with Gasteiger partial charge in [0, 0.05) is 15.7 Å². The molecule has 0 radical (unpaired) electrons. The second kappa shape index (κ2) is 4.91. The fourth-order valence-electron chi connectivity index (χ4n) is 0.921. The van der Waals surface area contributed by atoms with Crippen LogP contribution in [-0.4, -0.2) is 15.0 Å². The predicted octanol–water partition coefficient (Wildman–Crippen LogP) is 3.52. The molecule has 0 fully saturated rings. The van der Waals surface area contributed by atoms with Gasteiger partial charge in [-0.3, -0.25) is 0 Å². The van der Waals surface area contributed by atoms with E-state index in [1.165, 1.54) is 0 Å². The molecule has 3 nitrogen and oxygen atoms in total. The van der Waals surface area contributed by atoms with Crippen LogP contribution in [0.1, 0.15) is 0 Å². The van der Waals surface area contributed by atoms with Crippen molar-refractivity contribution in [3.8, 4) is 5.75 Å². The van der Waals surface area contributed by atoms with Gasteiger partial charge in [-0.25, -0.2) is 8.42 Å². The van der Waals surface area contributed by atoms with E-state index in [0.717, 1.165) is 12.1 Å². The van der Waals surface area contributed by atoms with Crippen LogP contribution in [0.3, 0.4) is 0 Å². The monoisotopic (exact) mass is 310 g/mol. The fraction of sp³-hybridized carbons (Fsp3) is 0.143. The van der Waals surface area contributed by atoms with E-state index in [-0.39, 0.29) is 10.0 Å². The van der Waals surface area contributed by atoms with Crippen molar-refractivity contribution in [1.82, 2.24) is 0 Å². The van der Waals surface area contributed by atoms with Crippen molar-refractivity contribution in [2.24, 2.45) is 0 Å². The SMILES string of the molecule is O=S(=O)(Cl)c1cc(Cl)cc(Cl)c1OC(F)F. The van der Waals surface area contributed by atoms with Crippen molar-refractivity contribution in [2.75, 3.05) is 0 Å². The maximum Gasteiger partial charge on any atom is 0.387 e. The minimum atomic E-state index is -4.28. The molecule has 0 saturated heterocycles. The van der Waals surface area contributed by atoms with Gasteiger partial charge < -0.3 is 4.74 Å². The molecule has 0 saturated carbocycles. The van der Waals surface area contributed by atoms with E-state index < -0.39 is 26.3 Å². The lowest BCUT2D eigenvalue weighted by Crippen LogP contribution is -2.06. The number of hydrogen-bond acceptors (Lipinski definition) is 3. The van der Waals surface area contributed by atoms with Gasteiger partial charge in [-0.05, 0) is 12.1 Å². The molecule has 0 aliphatic heterocycles. The Balaban J connectivity index is 3.45. The average molecular weight is 312 g/mol. The molecule has 0 bridgehead atoms. The molecule has 0 amide bonds. The highest BCUT2D eigenvalue weighted by molar-refractivity contribution is 8.13. The molecule has 1 aromatic rings. The molecule has 0 heterocycles. The number of ether oxygens (including phenoxy) is 1. The molecular weight excluding hydrogens is 308 g/mol. The summed E-state index contributed by atoms with van der Waals surface area (Å²) in [6.07, 6.45) is 0. The highest BCUT2D eigenvalue weighted by Gasteiger charge is 2.23. The van der Waals surface area contributed by atoms with Gasteiger partial charge >= 0.3 is 6.61 Å². The minimum Gasteiger partial charge on any atom is -0.432 e. The third kappa shape index (κ3) is 3.35. The maximum absolute atomic E-state index is 12.0. The van der Waals surface area contributed by atoms with E-state index in [0.29, 0.717) is 0 Å². The lowest BCUT2D eigenvalue weighted by Gasteiger charge is -2.10. The molecule has 0 atom stereocenters. The lowest BCUT2D eigenvalue weighted by molar-refractivity contribution is -0.0516. The van der Waals surface area contributed by atoms with Gasteiger partial charge in [-0.2, -0.15) is 8.78 Å². The van der Waals surface area contributed by atoms with Gasteiger partial charge in [0.25, 0.3) is 9.05 Å². The average Bonchev–Trinajstić information content (AvgIpc) is 2.06. The van der Waals surface area contributed by atoms with E-state index >= 15 is 0 Å². The molecule has 1 aromatic carbocycles. The van der Waals surface area contributed by atoms with Gasteiger partial charge in [0.1, 0.15) is 4.90 Å². The van der Waals surface area contributed by atoms with E-state index in [4.69, 9.17) is 33.9 Å². The molecule has 0 aromatic heterocycles. The Morgan fingerprint density at radius 2 is 1.81 bits per heavy atom. The Morgan fingerprint density at radius 3 is 2.25 bits per heavy atom. The van der Waals surface area contributed by atoms with Crippen LogP contribution < -0.4 is 4.74 Å². The van der Waals surface area contributed by atoms with Crippen molar-refractivity contribution in [3.05, 3.63) is 22.2 Å². The van der Waals surface area contributed by atoms with Gasteiger partial charge in [0.2, 0.25) is 0 Å². The molecule has 0 aliphatic carbocycles. The van der Waals surface area contributed by atoms with Crippen LogP contribution in [0.15, 0.2) is 17.0 Å².